The molecule has 2 aromatic rings. The minimum atomic E-state index is -3.70. The lowest BCUT2D eigenvalue weighted by Crippen LogP contribution is -2.30. The first-order valence-electron chi connectivity index (χ1n) is 5.63. The highest BCUT2D eigenvalue weighted by molar-refractivity contribution is 9.11. The summed E-state index contributed by atoms with van der Waals surface area (Å²) >= 11 is 10.2. The lowest BCUT2D eigenvalue weighted by molar-refractivity contribution is 0.475. The summed E-state index contributed by atoms with van der Waals surface area (Å²) in [5, 5.41) is 9.86. The Labute approximate surface area is 134 Å². The fraction of sp³-hybridized carbons (Fsp3) is 0.167. The van der Waals surface area contributed by atoms with Crippen LogP contribution in [-0.2, 0) is 10.0 Å². The lowest BCUT2D eigenvalue weighted by atomic mass is 10.3. The molecule has 1 aromatic carbocycles. The second-order valence-corrected chi connectivity index (χ2v) is 8.74. The maximum atomic E-state index is 12.6. The van der Waals surface area contributed by atoms with Gasteiger partial charge in [-0.1, -0.05) is 17.7 Å². The number of halogens is 2. The quantitative estimate of drug-likeness (QED) is 0.847. The van der Waals surface area contributed by atoms with Crippen LogP contribution in [0.4, 0.5) is 5.69 Å². The molecule has 1 aromatic heterocycles. The molecule has 0 radical (unpaired) electrons. The Bertz CT molecular complexity index is 711. The van der Waals surface area contributed by atoms with E-state index >= 15 is 0 Å². The van der Waals surface area contributed by atoms with Gasteiger partial charge >= 0.3 is 0 Å². The molecule has 108 valence electrons. The number of phenolic OH excluding ortho intramolecular Hbond substituents is 1. The zero-order chi connectivity index (χ0) is 14.9. The van der Waals surface area contributed by atoms with Crippen molar-refractivity contribution < 1.29 is 13.5 Å². The van der Waals surface area contributed by atoms with E-state index in [1.165, 1.54) is 22.5 Å². The summed E-state index contributed by atoms with van der Waals surface area (Å²) in [5.74, 6) is 0.0153. The fourth-order valence-corrected chi connectivity index (χ4v) is 5.68. The molecule has 0 aliphatic rings. The van der Waals surface area contributed by atoms with Crippen LogP contribution in [0.3, 0.4) is 0 Å². The van der Waals surface area contributed by atoms with Gasteiger partial charge < -0.3 is 5.11 Å². The molecule has 0 aliphatic heterocycles. The molecule has 4 nitrogen and oxygen atoms in total. The zero-order valence-electron chi connectivity index (χ0n) is 10.4. The molecule has 0 unspecified atom stereocenters. The van der Waals surface area contributed by atoms with Gasteiger partial charge in [0.2, 0.25) is 0 Å². The van der Waals surface area contributed by atoms with Gasteiger partial charge in [0.25, 0.3) is 10.0 Å². The molecule has 0 saturated heterocycles. The molecule has 1 heterocycles. The highest BCUT2D eigenvalue weighted by atomic mass is 79.9. The van der Waals surface area contributed by atoms with Gasteiger partial charge in [0, 0.05) is 12.6 Å². The summed E-state index contributed by atoms with van der Waals surface area (Å²) in [5.41, 5.74) is 0.410. The van der Waals surface area contributed by atoms with Crippen LogP contribution in [-0.4, -0.2) is 20.1 Å². The van der Waals surface area contributed by atoms with Crippen molar-refractivity contribution >= 4 is 54.6 Å². The van der Waals surface area contributed by atoms with E-state index in [2.05, 4.69) is 15.9 Å². The van der Waals surface area contributed by atoms with Crippen molar-refractivity contribution in [1.82, 2.24) is 0 Å². The molecule has 0 bridgehead atoms. The Morgan fingerprint density at radius 2 is 2.10 bits per heavy atom. The minimum Gasteiger partial charge on any atom is -0.508 e. The normalized spacial score (nSPS) is 11.6. The van der Waals surface area contributed by atoms with E-state index in [4.69, 9.17) is 11.6 Å². The zero-order valence-corrected chi connectivity index (χ0v) is 14.4. The molecule has 0 aliphatic carbocycles. The molecule has 0 fully saturated rings. The molecule has 2 rings (SSSR count). The lowest BCUT2D eigenvalue weighted by Gasteiger charge is -2.22. The molecule has 20 heavy (non-hydrogen) atoms. The number of rotatable bonds is 4. The van der Waals surface area contributed by atoms with E-state index in [0.717, 1.165) is 11.3 Å². The van der Waals surface area contributed by atoms with E-state index in [0.29, 0.717) is 14.5 Å². The van der Waals surface area contributed by atoms with Crippen LogP contribution in [0.2, 0.25) is 5.02 Å². The topological polar surface area (TPSA) is 57.6 Å². The van der Waals surface area contributed by atoms with Crippen LogP contribution in [0, 0.1) is 0 Å². The van der Waals surface area contributed by atoms with Crippen molar-refractivity contribution in [3.05, 3.63) is 39.1 Å². The Balaban J connectivity index is 2.50. The Morgan fingerprint density at radius 3 is 2.60 bits per heavy atom. The number of aromatic hydroxyl groups is 1. The third kappa shape index (κ3) is 2.95. The summed E-state index contributed by atoms with van der Waals surface area (Å²) < 4.78 is 27.2. The minimum absolute atomic E-state index is 0.0153. The van der Waals surface area contributed by atoms with E-state index < -0.39 is 10.0 Å². The molecule has 0 amide bonds. The number of hydrogen-bond acceptors (Lipinski definition) is 4. The Kier molecular flexibility index (Phi) is 4.63. The van der Waals surface area contributed by atoms with Gasteiger partial charge in [0.15, 0.2) is 0 Å². The number of anilines is 1. The predicted octanol–water partition coefficient (Wildman–Crippen LogP) is 4.08. The van der Waals surface area contributed by atoms with Gasteiger partial charge in [-0.05, 0) is 41.1 Å². The molecular weight excluding hydrogens is 386 g/mol. The summed E-state index contributed by atoms with van der Waals surface area (Å²) in [6, 6.07) is 7.54. The molecular formula is C12H11BrClNO3S2. The SMILES string of the molecule is CCN(c1cccc(O)c1)S(=O)(=O)c1cc(Cl)c(Br)s1. The smallest absolute Gasteiger partial charge is 0.273 e. The second-order valence-electron chi connectivity index (χ2n) is 3.88. The van der Waals surface area contributed by atoms with Gasteiger partial charge in [0.05, 0.1) is 14.5 Å². The average Bonchev–Trinajstić information content (AvgIpc) is 2.71. The van der Waals surface area contributed by atoms with Crippen molar-refractivity contribution in [2.24, 2.45) is 0 Å². The van der Waals surface area contributed by atoms with Crippen LogP contribution in [0.15, 0.2) is 38.3 Å². The first-order valence-corrected chi connectivity index (χ1v) is 9.05. The van der Waals surface area contributed by atoms with Gasteiger partial charge in [0.1, 0.15) is 9.96 Å². The highest BCUT2D eigenvalue weighted by Crippen LogP contribution is 2.37. The monoisotopic (exact) mass is 395 g/mol. The first kappa shape index (κ1) is 15.6. The number of thiophene rings is 1. The molecule has 0 spiro atoms. The van der Waals surface area contributed by atoms with Gasteiger partial charge in [-0.15, -0.1) is 11.3 Å². The number of hydrogen-bond donors (Lipinski definition) is 1. The van der Waals surface area contributed by atoms with Crippen LogP contribution >= 0.6 is 38.9 Å². The summed E-state index contributed by atoms with van der Waals surface area (Å²) in [6.45, 7) is 1.98. The van der Waals surface area contributed by atoms with Crippen molar-refractivity contribution in [2.45, 2.75) is 11.1 Å². The van der Waals surface area contributed by atoms with Crippen LogP contribution in [0.25, 0.3) is 0 Å². The average molecular weight is 397 g/mol. The number of benzene rings is 1. The maximum absolute atomic E-state index is 12.6. The number of sulfonamides is 1. The van der Waals surface area contributed by atoms with E-state index in [9.17, 15) is 13.5 Å². The molecule has 0 saturated carbocycles. The van der Waals surface area contributed by atoms with E-state index in [-0.39, 0.29) is 16.5 Å². The van der Waals surface area contributed by atoms with E-state index in [1.807, 2.05) is 0 Å². The van der Waals surface area contributed by atoms with Crippen molar-refractivity contribution in [1.29, 1.82) is 0 Å². The largest absolute Gasteiger partial charge is 0.508 e. The predicted molar refractivity (Wildman–Crippen MR) is 85.3 cm³/mol. The standard InChI is InChI=1S/C12H11BrClNO3S2/c1-2-15(8-4-3-5-9(16)6-8)20(17,18)11-7-10(14)12(13)19-11/h3-7,16H,2H2,1H3. The summed E-state index contributed by atoms with van der Waals surface area (Å²) in [6.07, 6.45) is 0. The van der Waals surface area contributed by atoms with Crippen LogP contribution < -0.4 is 4.31 Å². The van der Waals surface area contributed by atoms with Crippen molar-refractivity contribution in [3.63, 3.8) is 0 Å². The van der Waals surface area contributed by atoms with Gasteiger partial charge in [-0.2, -0.15) is 0 Å². The van der Waals surface area contributed by atoms with Crippen LogP contribution in [0.5, 0.6) is 5.75 Å². The molecule has 0 atom stereocenters. The third-order valence-electron chi connectivity index (χ3n) is 2.57. The van der Waals surface area contributed by atoms with Crippen molar-refractivity contribution in [2.75, 3.05) is 10.8 Å². The third-order valence-corrected chi connectivity index (χ3v) is 7.40. The first-order chi connectivity index (χ1) is 9.36. The maximum Gasteiger partial charge on any atom is 0.273 e. The van der Waals surface area contributed by atoms with Crippen LogP contribution in [0.1, 0.15) is 6.92 Å². The molecule has 8 heteroatoms. The van der Waals surface area contributed by atoms with Gasteiger partial charge in [-0.3, -0.25) is 4.31 Å². The Hall–Kier alpha value is -0.760. The second kappa shape index (κ2) is 5.93. The van der Waals surface area contributed by atoms with Crippen molar-refractivity contribution in [3.8, 4) is 5.75 Å². The van der Waals surface area contributed by atoms with E-state index in [1.54, 1.807) is 19.1 Å². The fourth-order valence-electron chi connectivity index (χ4n) is 1.70. The summed E-state index contributed by atoms with van der Waals surface area (Å²) in [7, 11) is -3.70. The highest BCUT2D eigenvalue weighted by Gasteiger charge is 2.26. The Morgan fingerprint density at radius 1 is 1.40 bits per heavy atom. The number of nitrogens with zero attached hydrogens (tertiary/aromatic N) is 1. The summed E-state index contributed by atoms with van der Waals surface area (Å²) in [4.78, 5) is 0. The molecule has 1 N–H and O–H groups in total. The van der Waals surface area contributed by atoms with Gasteiger partial charge in [-0.25, -0.2) is 8.42 Å². The number of phenols is 1.